The number of rotatable bonds is 1. The molecule has 1 heteroatoms. The van der Waals surface area contributed by atoms with Gasteiger partial charge in [-0.3, -0.25) is 4.79 Å². The van der Waals surface area contributed by atoms with Gasteiger partial charge in [-0.25, -0.2) is 0 Å². The van der Waals surface area contributed by atoms with Gasteiger partial charge in [0.1, 0.15) is 0 Å². The van der Waals surface area contributed by atoms with Crippen LogP contribution in [-0.2, 0) is 11.2 Å². The van der Waals surface area contributed by atoms with Gasteiger partial charge in [0.2, 0.25) is 5.78 Å². The van der Waals surface area contributed by atoms with Crippen LogP contribution in [0.25, 0.3) is 0 Å². The summed E-state index contributed by atoms with van der Waals surface area (Å²) >= 11 is 0. The maximum absolute atomic E-state index is 10.5. The molecule has 0 aliphatic carbocycles. The van der Waals surface area contributed by atoms with E-state index in [-0.39, 0.29) is 5.78 Å². The highest BCUT2D eigenvalue weighted by molar-refractivity contribution is 5.93. The fraction of sp³-hybridized carbons (Fsp3) is 0.182. The summed E-state index contributed by atoms with van der Waals surface area (Å²) in [5, 5.41) is 0. The van der Waals surface area contributed by atoms with Gasteiger partial charge < -0.3 is 0 Å². The van der Waals surface area contributed by atoms with Gasteiger partial charge in [-0.1, -0.05) is 36.3 Å². The van der Waals surface area contributed by atoms with E-state index in [2.05, 4.69) is 11.8 Å². The lowest BCUT2D eigenvalue weighted by Gasteiger charge is -1.90. The molecule has 0 aromatic heterocycles. The summed E-state index contributed by atoms with van der Waals surface area (Å²) in [4.78, 5) is 10.5. The minimum atomic E-state index is -0.0778. The Labute approximate surface area is 72.4 Å². The fourth-order valence-electron chi connectivity index (χ4n) is 0.867. The van der Waals surface area contributed by atoms with E-state index in [9.17, 15) is 4.79 Å². The average Bonchev–Trinajstić information content (AvgIpc) is 2.05. The number of hydrogen-bond acceptors (Lipinski definition) is 1. The van der Waals surface area contributed by atoms with Crippen LogP contribution in [0.2, 0.25) is 0 Å². The van der Waals surface area contributed by atoms with Gasteiger partial charge in [0.25, 0.3) is 0 Å². The van der Waals surface area contributed by atoms with E-state index in [0.717, 1.165) is 5.56 Å². The summed E-state index contributed by atoms with van der Waals surface area (Å²) < 4.78 is 0. The highest BCUT2D eigenvalue weighted by Crippen LogP contribution is 1.97. The predicted molar refractivity (Wildman–Crippen MR) is 48.6 cm³/mol. The summed E-state index contributed by atoms with van der Waals surface area (Å²) in [5.74, 6) is 5.23. The van der Waals surface area contributed by atoms with E-state index in [0.29, 0.717) is 6.42 Å². The lowest BCUT2D eigenvalue weighted by Crippen LogP contribution is -1.83. The maximum atomic E-state index is 10.5. The van der Waals surface area contributed by atoms with Crippen LogP contribution in [0.1, 0.15) is 12.5 Å². The highest BCUT2D eigenvalue weighted by atomic mass is 16.1. The van der Waals surface area contributed by atoms with Crippen LogP contribution >= 0.6 is 0 Å². The van der Waals surface area contributed by atoms with Gasteiger partial charge in [-0.05, 0) is 11.5 Å². The molecule has 0 aliphatic rings. The number of ketones is 1. The van der Waals surface area contributed by atoms with Crippen LogP contribution < -0.4 is 0 Å². The first-order chi connectivity index (χ1) is 5.79. The Morgan fingerprint density at radius 2 is 2.00 bits per heavy atom. The van der Waals surface area contributed by atoms with E-state index in [1.165, 1.54) is 6.92 Å². The Morgan fingerprint density at radius 3 is 2.58 bits per heavy atom. The molecule has 0 fully saturated rings. The van der Waals surface area contributed by atoms with Gasteiger partial charge in [-0.15, -0.1) is 0 Å². The van der Waals surface area contributed by atoms with E-state index in [1.54, 1.807) is 0 Å². The van der Waals surface area contributed by atoms with Crippen molar-refractivity contribution in [2.24, 2.45) is 0 Å². The molecule has 12 heavy (non-hydrogen) atoms. The Balaban J connectivity index is 2.56. The molecular formula is C11H10O. The molecule has 0 radical (unpaired) electrons. The molecule has 0 aliphatic heterocycles. The molecule has 0 saturated carbocycles. The molecule has 0 amide bonds. The van der Waals surface area contributed by atoms with Gasteiger partial charge >= 0.3 is 0 Å². The first-order valence-electron chi connectivity index (χ1n) is 3.82. The Kier molecular flexibility index (Phi) is 3.10. The van der Waals surface area contributed by atoms with Crippen molar-refractivity contribution in [3.05, 3.63) is 35.9 Å². The third-order valence-corrected chi connectivity index (χ3v) is 1.40. The molecule has 0 spiro atoms. The molecule has 0 saturated heterocycles. The largest absolute Gasteiger partial charge is 0.285 e. The van der Waals surface area contributed by atoms with Gasteiger partial charge in [0.15, 0.2) is 0 Å². The lowest BCUT2D eigenvalue weighted by molar-refractivity contribution is -0.111. The Morgan fingerprint density at radius 1 is 1.33 bits per heavy atom. The number of hydrogen-bond donors (Lipinski definition) is 0. The third kappa shape index (κ3) is 3.03. The number of Topliss-reactive ketones (excluding diaryl/α,β-unsaturated/α-hetero) is 1. The van der Waals surface area contributed by atoms with E-state index >= 15 is 0 Å². The summed E-state index contributed by atoms with van der Waals surface area (Å²) in [7, 11) is 0. The lowest BCUT2D eigenvalue weighted by atomic mass is 10.1. The standard InChI is InChI=1S/C11H10O/c1-10(12)6-5-9-11-7-3-2-4-8-11/h2-4,7-8H,9H2,1H3. The first-order valence-corrected chi connectivity index (χ1v) is 3.82. The molecule has 0 bridgehead atoms. The van der Waals surface area contributed by atoms with E-state index in [1.807, 2.05) is 30.3 Å². The van der Waals surface area contributed by atoms with Crippen molar-refractivity contribution in [2.45, 2.75) is 13.3 Å². The predicted octanol–water partition coefficient (Wildman–Crippen LogP) is 1.82. The molecule has 0 atom stereocenters. The average molecular weight is 158 g/mol. The molecule has 1 rings (SSSR count). The van der Waals surface area contributed by atoms with Crippen LogP contribution in [0.4, 0.5) is 0 Å². The molecular weight excluding hydrogens is 148 g/mol. The van der Waals surface area contributed by atoms with Crippen molar-refractivity contribution in [1.29, 1.82) is 0 Å². The maximum Gasteiger partial charge on any atom is 0.202 e. The molecule has 1 aromatic rings. The second-order valence-corrected chi connectivity index (χ2v) is 2.52. The quantitative estimate of drug-likeness (QED) is 0.450. The molecule has 1 aromatic carbocycles. The van der Waals surface area contributed by atoms with Crippen molar-refractivity contribution in [3.8, 4) is 11.8 Å². The van der Waals surface area contributed by atoms with Crippen molar-refractivity contribution in [3.63, 3.8) is 0 Å². The SMILES string of the molecule is CC(=O)C#CCc1ccccc1. The fourth-order valence-corrected chi connectivity index (χ4v) is 0.867. The smallest absolute Gasteiger partial charge is 0.202 e. The zero-order valence-corrected chi connectivity index (χ0v) is 7.00. The highest BCUT2D eigenvalue weighted by Gasteiger charge is 1.85. The minimum Gasteiger partial charge on any atom is -0.285 e. The van der Waals surface area contributed by atoms with Gasteiger partial charge in [0.05, 0.1) is 0 Å². The van der Waals surface area contributed by atoms with E-state index in [4.69, 9.17) is 0 Å². The summed E-state index contributed by atoms with van der Waals surface area (Å²) in [6.07, 6.45) is 0.653. The zero-order valence-electron chi connectivity index (χ0n) is 7.00. The second-order valence-electron chi connectivity index (χ2n) is 2.52. The Hall–Kier alpha value is -1.55. The normalized spacial score (nSPS) is 8.42. The van der Waals surface area contributed by atoms with Crippen LogP contribution in [-0.4, -0.2) is 5.78 Å². The number of benzene rings is 1. The first kappa shape index (κ1) is 8.55. The van der Waals surface area contributed by atoms with Crippen LogP contribution in [0, 0.1) is 11.8 Å². The summed E-state index contributed by atoms with van der Waals surface area (Å²) in [6.45, 7) is 1.47. The second kappa shape index (κ2) is 4.35. The minimum absolute atomic E-state index is 0.0778. The van der Waals surface area contributed by atoms with E-state index < -0.39 is 0 Å². The molecule has 0 heterocycles. The van der Waals surface area contributed by atoms with Crippen molar-refractivity contribution in [1.82, 2.24) is 0 Å². The van der Waals surface area contributed by atoms with Crippen molar-refractivity contribution in [2.75, 3.05) is 0 Å². The van der Waals surface area contributed by atoms with Gasteiger partial charge in [0, 0.05) is 13.3 Å². The molecule has 1 nitrogen and oxygen atoms in total. The Bertz CT molecular complexity index is 314. The summed E-state index contributed by atoms with van der Waals surface area (Å²) in [5.41, 5.74) is 1.14. The monoisotopic (exact) mass is 158 g/mol. The molecule has 0 unspecified atom stereocenters. The summed E-state index contributed by atoms with van der Waals surface area (Å²) in [6, 6.07) is 9.88. The van der Waals surface area contributed by atoms with Crippen LogP contribution in [0.15, 0.2) is 30.3 Å². The topological polar surface area (TPSA) is 17.1 Å². The van der Waals surface area contributed by atoms with Crippen LogP contribution in [0.3, 0.4) is 0 Å². The molecule has 60 valence electrons. The van der Waals surface area contributed by atoms with Gasteiger partial charge in [-0.2, -0.15) is 0 Å². The number of carbonyl (C=O) groups excluding carboxylic acids is 1. The number of carbonyl (C=O) groups is 1. The zero-order chi connectivity index (χ0) is 8.81. The third-order valence-electron chi connectivity index (χ3n) is 1.40. The van der Waals surface area contributed by atoms with Crippen LogP contribution in [0.5, 0.6) is 0 Å². The van der Waals surface area contributed by atoms with Crippen molar-refractivity contribution >= 4 is 5.78 Å². The molecule has 0 N–H and O–H groups in total. The van der Waals surface area contributed by atoms with Crippen molar-refractivity contribution < 1.29 is 4.79 Å².